The molecule has 6 nitrogen and oxygen atoms in total. The molecule has 3 aromatic rings. The van der Waals surface area contributed by atoms with E-state index in [0.29, 0.717) is 35.5 Å². The number of rotatable bonds is 4. The summed E-state index contributed by atoms with van der Waals surface area (Å²) in [6.45, 7) is 0. The number of carbonyl (C=O) groups is 1. The SMILES string of the molecule is COc1ccc(-c2cccc(C#N)c2)n2cc(C3(C(=O)O)CC3)nc12. The highest BCUT2D eigenvalue weighted by Gasteiger charge is 2.53. The summed E-state index contributed by atoms with van der Waals surface area (Å²) >= 11 is 0. The van der Waals surface area contributed by atoms with E-state index in [-0.39, 0.29) is 0 Å². The molecule has 0 amide bonds. The number of hydrogen-bond acceptors (Lipinski definition) is 4. The van der Waals surface area contributed by atoms with Crippen LogP contribution in [0, 0.1) is 11.3 Å². The minimum Gasteiger partial charge on any atom is -0.493 e. The van der Waals surface area contributed by atoms with Crippen molar-refractivity contribution < 1.29 is 14.6 Å². The number of hydrogen-bond donors (Lipinski definition) is 1. The molecule has 1 saturated carbocycles. The van der Waals surface area contributed by atoms with Crippen LogP contribution in [0.2, 0.25) is 0 Å². The van der Waals surface area contributed by atoms with Crippen LogP contribution in [0.1, 0.15) is 24.1 Å². The first-order valence-corrected chi connectivity index (χ1v) is 7.89. The highest BCUT2D eigenvalue weighted by molar-refractivity contribution is 5.85. The van der Waals surface area contributed by atoms with E-state index in [1.165, 1.54) is 0 Å². The highest BCUT2D eigenvalue weighted by Crippen LogP contribution is 2.48. The van der Waals surface area contributed by atoms with E-state index in [1.807, 2.05) is 22.6 Å². The summed E-state index contributed by atoms with van der Waals surface area (Å²) in [4.78, 5) is 16.2. The minimum absolute atomic E-state index is 0.544. The maximum absolute atomic E-state index is 11.6. The van der Waals surface area contributed by atoms with E-state index in [4.69, 9.17) is 10.00 Å². The molecule has 1 aliphatic carbocycles. The van der Waals surface area contributed by atoms with Gasteiger partial charge in [0.1, 0.15) is 5.41 Å². The number of carboxylic acids is 1. The lowest BCUT2D eigenvalue weighted by atomic mass is 10.0. The lowest BCUT2D eigenvalue weighted by molar-refractivity contribution is -0.140. The van der Waals surface area contributed by atoms with Gasteiger partial charge >= 0.3 is 5.97 Å². The maximum atomic E-state index is 11.6. The third-order valence-electron chi connectivity index (χ3n) is 4.74. The Morgan fingerprint density at radius 3 is 2.80 bits per heavy atom. The number of methoxy groups -OCH3 is 1. The lowest BCUT2D eigenvalue weighted by Crippen LogP contribution is -2.19. The van der Waals surface area contributed by atoms with Crippen LogP contribution in [0.3, 0.4) is 0 Å². The second kappa shape index (κ2) is 5.35. The van der Waals surface area contributed by atoms with Gasteiger partial charge in [0.2, 0.25) is 0 Å². The van der Waals surface area contributed by atoms with Gasteiger partial charge in [-0.2, -0.15) is 5.26 Å². The first-order chi connectivity index (χ1) is 12.1. The molecule has 0 saturated heterocycles. The average molecular weight is 333 g/mol. The van der Waals surface area contributed by atoms with Crippen LogP contribution in [-0.4, -0.2) is 27.6 Å². The molecule has 0 atom stereocenters. The number of aliphatic carboxylic acids is 1. The van der Waals surface area contributed by atoms with Gasteiger partial charge in [-0.3, -0.25) is 9.20 Å². The molecule has 6 heteroatoms. The zero-order valence-electron chi connectivity index (χ0n) is 13.6. The van der Waals surface area contributed by atoms with Crippen LogP contribution in [-0.2, 0) is 10.2 Å². The van der Waals surface area contributed by atoms with Gasteiger partial charge in [-0.25, -0.2) is 4.98 Å². The Kier molecular flexibility index (Phi) is 3.25. The Balaban J connectivity index is 1.96. The molecule has 2 aromatic heterocycles. The van der Waals surface area contributed by atoms with E-state index >= 15 is 0 Å². The van der Waals surface area contributed by atoms with Crippen molar-refractivity contribution in [3.8, 4) is 23.1 Å². The lowest BCUT2D eigenvalue weighted by Gasteiger charge is -2.09. The molecular formula is C19H15N3O3. The van der Waals surface area contributed by atoms with Gasteiger partial charge in [-0.15, -0.1) is 0 Å². The number of imidazole rings is 1. The standard InChI is InChI=1S/C19H15N3O3/c1-25-15-6-5-14(13-4-2-3-12(9-13)10-20)22-11-16(21-17(15)22)19(7-8-19)18(23)24/h2-6,9,11H,7-8H2,1H3,(H,23,24). The van der Waals surface area contributed by atoms with Crippen molar-refractivity contribution in [2.45, 2.75) is 18.3 Å². The fourth-order valence-electron chi connectivity index (χ4n) is 3.13. The monoisotopic (exact) mass is 333 g/mol. The van der Waals surface area contributed by atoms with E-state index < -0.39 is 11.4 Å². The summed E-state index contributed by atoms with van der Waals surface area (Å²) < 4.78 is 7.23. The van der Waals surface area contributed by atoms with Crippen molar-refractivity contribution in [2.75, 3.05) is 7.11 Å². The van der Waals surface area contributed by atoms with E-state index in [0.717, 1.165) is 11.3 Å². The predicted octanol–water partition coefficient (Wildman–Crippen LogP) is 3.00. The summed E-state index contributed by atoms with van der Waals surface area (Å²) in [5, 5.41) is 18.7. The summed E-state index contributed by atoms with van der Waals surface area (Å²) in [6.07, 6.45) is 2.95. The smallest absolute Gasteiger partial charge is 0.315 e. The second-order valence-electron chi connectivity index (χ2n) is 6.19. The fourth-order valence-corrected chi connectivity index (χ4v) is 3.13. The molecule has 124 valence electrons. The van der Waals surface area contributed by atoms with Gasteiger partial charge in [0.25, 0.3) is 0 Å². The first-order valence-electron chi connectivity index (χ1n) is 7.89. The zero-order valence-corrected chi connectivity index (χ0v) is 13.6. The summed E-state index contributed by atoms with van der Waals surface area (Å²) in [5.41, 5.74) is 2.48. The number of nitrogens with zero attached hydrogens (tertiary/aromatic N) is 3. The molecular weight excluding hydrogens is 318 g/mol. The third kappa shape index (κ3) is 2.24. The van der Waals surface area contributed by atoms with E-state index in [1.54, 1.807) is 31.5 Å². The zero-order chi connectivity index (χ0) is 17.6. The molecule has 0 aliphatic heterocycles. The number of pyridine rings is 1. The summed E-state index contributed by atoms with van der Waals surface area (Å²) in [6, 6.07) is 13.1. The second-order valence-corrected chi connectivity index (χ2v) is 6.19. The molecule has 0 bridgehead atoms. The van der Waals surface area contributed by atoms with Gasteiger partial charge in [0.05, 0.1) is 30.1 Å². The maximum Gasteiger partial charge on any atom is 0.315 e. The summed E-state index contributed by atoms with van der Waals surface area (Å²) in [7, 11) is 1.56. The topological polar surface area (TPSA) is 87.6 Å². The van der Waals surface area contributed by atoms with Crippen LogP contribution in [0.25, 0.3) is 16.9 Å². The number of aromatic nitrogens is 2. The van der Waals surface area contributed by atoms with Crippen molar-refractivity contribution >= 4 is 11.6 Å². The first kappa shape index (κ1) is 15.2. The van der Waals surface area contributed by atoms with Gasteiger partial charge in [0, 0.05) is 6.20 Å². The largest absolute Gasteiger partial charge is 0.493 e. The number of carboxylic acid groups (broad SMARTS) is 1. The number of ether oxygens (including phenoxy) is 1. The van der Waals surface area contributed by atoms with Crippen LogP contribution in [0.15, 0.2) is 42.6 Å². The molecule has 25 heavy (non-hydrogen) atoms. The van der Waals surface area contributed by atoms with Crippen molar-refractivity contribution in [1.29, 1.82) is 5.26 Å². The Hall–Kier alpha value is -3.33. The van der Waals surface area contributed by atoms with E-state index in [9.17, 15) is 9.90 Å². The Labute approximate surface area is 143 Å². The van der Waals surface area contributed by atoms with E-state index in [2.05, 4.69) is 11.1 Å². The molecule has 0 spiro atoms. The summed E-state index contributed by atoms with van der Waals surface area (Å²) in [5.74, 6) is -0.268. The number of nitriles is 1. The van der Waals surface area contributed by atoms with Crippen LogP contribution in [0.5, 0.6) is 5.75 Å². The fraction of sp³-hybridized carbons (Fsp3) is 0.211. The molecule has 2 heterocycles. The van der Waals surface area contributed by atoms with Crippen molar-refractivity contribution in [3.05, 3.63) is 53.9 Å². The molecule has 0 radical (unpaired) electrons. The Morgan fingerprint density at radius 2 is 2.16 bits per heavy atom. The van der Waals surface area contributed by atoms with Crippen LogP contribution < -0.4 is 4.74 Å². The predicted molar refractivity (Wildman–Crippen MR) is 90.4 cm³/mol. The van der Waals surface area contributed by atoms with Crippen molar-refractivity contribution in [2.24, 2.45) is 0 Å². The molecule has 4 rings (SSSR count). The molecule has 1 aromatic carbocycles. The number of fused-ring (bicyclic) bond motifs is 1. The number of benzene rings is 1. The molecule has 1 N–H and O–H groups in total. The van der Waals surface area contributed by atoms with Crippen molar-refractivity contribution in [1.82, 2.24) is 9.38 Å². The van der Waals surface area contributed by atoms with Crippen LogP contribution >= 0.6 is 0 Å². The van der Waals surface area contributed by atoms with Gasteiger partial charge in [-0.1, -0.05) is 12.1 Å². The van der Waals surface area contributed by atoms with Gasteiger partial charge in [0.15, 0.2) is 11.4 Å². The molecule has 0 unspecified atom stereocenters. The Morgan fingerprint density at radius 1 is 1.36 bits per heavy atom. The minimum atomic E-state index is -0.886. The molecule has 1 fully saturated rings. The quantitative estimate of drug-likeness (QED) is 0.793. The highest BCUT2D eigenvalue weighted by atomic mass is 16.5. The van der Waals surface area contributed by atoms with Crippen molar-refractivity contribution in [3.63, 3.8) is 0 Å². The van der Waals surface area contributed by atoms with Gasteiger partial charge < -0.3 is 9.84 Å². The third-order valence-corrected chi connectivity index (χ3v) is 4.74. The molecule has 1 aliphatic rings. The average Bonchev–Trinajstić information content (AvgIpc) is 3.33. The van der Waals surface area contributed by atoms with Gasteiger partial charge in [-0.05, 0) is 42.7 Å². The normalized spacial score (nSPS) is 14.9. The Bertz CT molecular complexity index is 1040. The van der Waals surface area contributed by atoms with Crippen LogP contribution in [0.4, 0.5) is 0 Å².